The Morgan fingerprint density at radius 1 is 0.864 bits per heavy atom. The van der Waals surface area contributed by atoms with Gasteiger partial charge in [-0.25, -0.2) is 0 Å². The second-order valence-electron chi connectivity index (χ2n) is 5.97. The van der Waals surface area contributed by atoms with Gasteiger partial charge in [0.2, 0.25) is 0 Å². The lowest BCUT2D eigenvalue weighted by Crippen LogP contribution is -2.40. The van der Waals surface area contributed by atoms with E-state index in [1.165, 1.54) is 63.9 Å². The van der Waals surface area contributed by atoms with Gasteiger partial charge in [0.25, 0.3) is 0 Å². The highest BCUT2D eigenvalue weighted by molar-refractivity contribution is 5.17. The van der Waals surface area contributed by atoms with Crippen LogP contribution in [0.4, 0.5) is 0 Å². The predicted molar refractivity (Wildman–Crippen MR) is 97.1 cm³/mol. The number of ether oxygens (including phenoxy) is 1. The molecule has 22 heavy (non-hydrogen) atoms. The molecule has 0 amide bonds. The molecule has 0 aromatic rings. The molecule has 0 radical (unpaired) electrons. The van der Waals surface area contributed by atoms with Crippen molar-refractivity contribution in [3.05, 3.63) is 38.0 Å². The summed E-state index contributed by atoms with van der Waals surface area (Å²) in [7, 11) is 0. The van der Waals surface area contributed by atoms with Crippen LogP contribution in [0.3, 0.4) is 0 Å². The van der Waals surface area contributed by atoms with Crippen LogP contribution in [0.2, 0.25) is 0 Å². The molecule has 0 aromatic carbocycles. The summed E-state index contributed by atoms with van der Waals surface area (Å²) in [6.45, 7) is 13.9. The molecule has 0 heterocycles. The maximum Gasteiger partial charge on any atom is 0.133 e. The maximum absolute atomic E-state index is 9.94. The highest BCUT2D eigenvalue weighted by atomic mass is 16.5. The quantitative estimate of drug-likeness (QED) is 0.298. The Labute approximate surface area is 138 Å². The third-order valence-corrected chi connectivity index (χ3v) is 4.17. The van der Waals surface area contributed by atoms with E-state index in [1.54, 1.807) is 12.2 Å². The van der Waals surface area contributed by atoms with Crippen LogP contribution in [-0.2, 0) is 4.74 Å². The van der Waals surface area contributed by atoms with Crippen molar-refractivity contribution in [2.24, 2.45) is 0 Å². The van der Waals surface area contributed by atoms with Crippen LogP contribution in [0.25, 0.3) is 0 Å². The van der Waals surface area contributed by atoms with E-state index in [0.717, 1.165) is 6.42 Å². The summed E-state index contributed by atoms with van der Waals surface area (Å²) in [6, 6.07) is 0. The van der Waals surface area contributed by atoms with Crippen molar-refractivity contribution in [2.45, 2.75) is 82.8 Å². The minimum absolute atomic E-state index is 0.611. The second-order valence-corrected chi connectivity index (χ2v) is 5.97. The van der Waals surface area contributed by atoms with E-state index in [-0.39, 0.29) is 0 Å². The molecule has 0 aliphatic rings. The molecule has 128 valence electrons. The minimum Gasteiger partial charge on any atom is -0.385 e. The lowest BCUT2D eigenvalue weighted by atomic mass is 9.96. The Morgan fingerprint density at radius 2 is 1.32 bits per heavy atom. The van der Waals surface area contributed by atoms with E-state index >= 15 is 0 Å². The zero-order valence-electron chi connectivity index (χ0n) is 14.6. The van der Waals surface area contributed by atoms with Crippen LogP contribution >= 0.6 is 0 Å². The largest absolute Gasteiger partial charge is 0.385 e. The second kappa shape index (κ2) is 13.8. The molecule has 0 aliphatic carbocycles. The maximum atomic E-state index is 9.94. The van der Waals surface area contributed by atoms with E-state index in [9.17, 15) is 5.11 Å². The Bertz CT molecular complexity index is 288. The molecule has 0 aromatic heterocycles. The van der Waals surface area contributed by atoms with E-state index < -0.39 is 11.7 Å². The first kappa shape index (κ1) is 21.1. The fourth-order valence-electron chi connectivity index (χ4n) is 2.55. The topological polar surface area (TPSA) is 29.5 Å². The molecule has 0 rings (SSSR count). The van der Waals surface area contributed by atoms with Crippen molar-refractivity contribution in [1.29, 1.82) is 0 Å². The Kier molecular flexibility index (Phi) is 13.2. The molecule has 1 N–H and O–H groups in total. The zero-order chi connectivity index (χ0) is 16.7. The van der Waals surface area contributed by atoms with Gasteiger partial charge in [0.15, 0.2) is 0 Å². The molecule has 0 saturated heterocycles. The van der Waals surface area contributed by atoms with Crippen molar-refractivity contribution < 1.29 is 9.84 Å². The molecule has 0 aliphatic heterocycles. The van der Waals surface area contributed by atoms with Gasteiger partial charge in [-0.3, -0.25) is 0 Å². The van der Waals surface area contributed by atoms with Gasteiger partial charge in [-0.05, 0) is 6.42 Å². The molecule has 0 spiro atoms. The minimum atomic E-state index is -0.902. The Hall–Kier alpha value is -0.860. The fraction of sp³-hybridized carbons (Fsp3) is 0.700. The average molecular weight is 309 g/mol. The Balaban J connectivity index is 3.64. The molecule has 0 bridgehead atoms. The first-order chi connectivity index (χ1) is 10.7. The summed E-state index contributed by atoms with van der Waals surface area (Å²) >= 11 is 0. The number of rotatable bonds is 16. The van der Waals surface area contributed by atoms with Gasteiger partial charge in [0, 0.05) is 6.61 Å². The summed E-state index contributed by atoms with van der Waals surface area (Å²) in [4.78, 5) is 0. The van der Waals surface area contributed by atoms with Crippen molar-refractivity contribution in [1.82, 2.24) is 0 Å². The number of hydrogen-bond donors (Lipinski definition) is 1. The van der Waals surface area contributed by atoms with Gasteiger partial charge in [-0.15, -0.1) is 6.58 Å². The van der Waals surface area contributed by atoms with Crippen LogP contribution < -0.4 is 0 Å². The molecular weight excluding hydrogens is 272 g/mol. The number of unbranched alkanes of at least 4 members (excludes halogenated alkanes) is 9. The number of aliphatic hydroxyl groups is 1. The number of hydrogen-bond acceptors (Lipinski definition) is 2. The van der Waals surface area contributed by atoms with E-state index in [1.807, 2.05) is 0 Å². The first-order valence-electron chi connectivity index (χ1n) is 8.88. The zero-order valence-corrected chi connectivity index (χ0v) is 14.6. The molecule has 2 nitrogen and oxygen atoms in total. The number of aliphatic hydroxyl groups excluding tert-OH is 1. The first-order valence-corrected chi connectivity index (χ1v) is 8.88. The summed E-state index contributed by atoms with van der Waals surface area (Å²) in [5.41, 5.74) is -0.902. The van der Waals surface area contributed by atoms with Gasteiger partial charge < -0.3 is 9.84 Å². The molecule has 1 unspecified atom stereocenters. The smallest absolute Gasteiger partial charge is 0.133 e. The van der Waals surface area contributed by atoms with E-state index in [2.05, 4.69) is 26.7 Å². The highest BCUT2D eigenvalue weighted by Crippen LogP contribution is 2.21. The monoisotopic (exact) mass is 308 g/mol. The van der Waals surface area contributed by atoms with Gasteiger partial charge in [-0.1, -0.05) is 96.1 Å². The Morgan fingerprint density at radius 3 is 1.73 bits per heavy atom. The van der Waals surface area contributed by atoms with Crippen LogP contribution in [0.1, 0.15) is 71.1 Å². The lowest BCUT2D eigenvalue weighted by Gasteiger charge is -2.30. The van der Waals surface area contributed by atoms with Crippen molar-refractivity contribution in [2.75, 3.05) is 6.61 Å². The standard InChI is InChI=1S/C20H36O2/c1-5-9-10-11-12-13-14-15-16-17-18-22-20(7-3,8-4)19(21)6-2/h6-8,19,21H,2-5,9-18H2,1H3. The summed E-state index contributed by atoms with van der Waals surface area (Å²) in [5, 5.41) is 9.94. The third-order valence-electron chi connectivity index (χ3n) is 4.17. The van der Waals surface area contributed by atoms with Crippen molar-refractivity contribution in [3.63, 3.8) is 0 Å². The van der Waals surface area contributed by atoms with Gasteiger partial charge in [-0.2, -0.15) is 0 Å². The van der Waals surface area contributed by atoms with Gasteiger partial charge >= 0.3 is 0 Å². The summed E-state index contributed by atoms with van der Waals surface area (Å²) in [6.07, 6.45) is 16.8. The lowest BCUT2D eigenvalue weighted by molar-refractivity contribution is -0.0428. The average Bonchev–Trinajstić information content (AvgIpc) is 2.56. The SMILES string of the molecule is C=CC(O)C(C=C)(C=C)OCCCCCCCCCCCC. The normalized spacial score (nSPS) is 12.8. The fourth-order valence-corrected chi connectivity index (χ4v) is 2.55. The molecule has 1 atom stereocenters. The summed E-state index contributed by atoms with van der Waals surface area (Å²) in [5.74, 6) is 0. The van der Waals surface area contributed by atoms with Crippen molar-refractivity contribution >= 4 is 0 Å². The van der Waals surface area contributed by atoms with Gasteiger partial charge in [0.05, 0.1) is 0 Å². The van der Waals surface area contributed by atoms with E-state index in [0.29, 0.717) is 6.61 Å². The van der Waals surface area contributed by atoms with Crippen LogP contribution in [0.5, 0.6) is 0 Å². The van der Waals surface area contributed by atoms with Crippen LogP contribution in [-0.4, -0.2) is 23.4 Å². The predicted octanol–water partition coefficient (Wildman–Crippen LogP) is 5.58. The third kappa shape index (κ3) is 8.55. The highest BCUT2D eigenvalue weighted by Gasteiger charge is 2.30. The molecular formula is C20H36O2. The van der Waals surface area contributed by atoms with Gasteiger partial charge in [0.1, 0.15) is 11.7 Å². The van der Waals surface area contributed by atoms with Crippen LogP contribution in [0.15, 0.2) is 38.0 Å². The van der Waals surface area contributed by atoms with E-state index in [4.69, 9.17) is 4.74 Å². The molecule has 2 heteroatoms. The van der Waals surface area contributed by atoms with Crippen molar-refractivity contribution in [3.8, 4) is 0 Å². The van der Waals surface area contributed by atoms with Crippen LogP contribution in [0, 0.1) is 0 Å². The summed E-state index contributed by atoms with van der Waals surface area (Å²) < 4.78 is 5.80. The molecule has 0 saturated carbocycles. The molecule has 0 fully saturated rings.